The van der Waals surface area contributed by atoms with E-state index in [1.54, 1.807) is 17.4 Å². The average Bonchev–Trinajstić information content (AvgIpc) is 3.18. The highest BCUT2D eigenvalue weighted by Crippen LogP contribution is 2.35. The van der Waals surface area contributed by atoms with Gasteiger partial charge in [-0.1, -0.05) is 55.3 Å². The Morgan fingerprint density at radius 3 is 2.65 bits per heavy atom. The molecular weight excluding hydrogens is 326 g/mol. The van der Waals surface area contributed by atoms with Crippen molar-refractivity contribution in [3.63, 3.8) is 0 Å². The summed E-state index contributed by atoms with van der Waals surface area (Å²) in [6.07, 6.45) is 8.49. The maximum Gasteiger partial charge on any atom is 0.159 e. The molecule has 0 spiro atoms. The molecule has 1 aliphatic carbocycles. The van der Waals surface area contributed by atoms with E-state index in [2.05, 4.69) is 4.98 Å². The highest BCUT2D eigenvalue weighted by molar-refractivity contribution is 7.90. The highest BCUT2D eigenvalue weighted by Gasteiger charge is 2.21. The van der Waals surface area contributed by atoms with Gasteiger partial charge in [-0.3, -0.25) is 0 Å². The van der Waals surface area contributed by atoms with Crippen molar-refractivity contribution in [2.24, 2.45) is 0 Å². The zero-order valence-corrected chi connectivity index (χ0v) is 14.7. The van der Waals surface area contributed by atoms with Crippen molar-refractivity contribution in [2.45, 2.75) is 37.4 Å². The summed E-state index contributed by atoms with van der Waals surface area (Å²) in [5.41, 5.74) is 1.71. The van der Waals surface area contributed by atoms with Crippen LogP contribution >= 0.6 is 11.3 Å². The molecule has 0 bridgehead atoms. The third-order valence-corrected chi connectivity index (χ3v) is 6.59. The van der Waals surface area contributed by atoms with Crippen molar-refractivity contribution < 1.29 is 8.42 Å². The van der Waals surface area contributed by atoms with Gasteiger partial charge < -0.3 is 0 Å². The van der Waals surface area contributed by atoms with Crippen LogP contribution in [0, 0.1) is 0 Å². The van der Waals surface area contributed by atoms with Gasteiger partial charge in [0, 0.05) is 11.3 Å². The van der Waals surface area contributed by atoms with E-state index < -0.39 is 9.84 Å². The summed E-state index contributed by atoms with van der Waals surface area (Å²) in [5, 5.41) is 3.03. The van der Waals surface area contributed by atoms with Gasteiger partial charge in [0.05, 0.1) is 22.2 Å². The van der Waals surface area contributed by atoms with Crippen LogP contribution in [0.1, 0.15) is 47.9 Å². The second kappa shape index (κ2) is 7.41. The molecule has 0 atom stereocenters. The Balaban J connectivity index is 1.59. The number of benzene rings is 1. The summed E-state index contributed by atoms with van der Waals surface area (Å²) in [6, 6.07) is 9.73. The lowest BCUT2D eigenvalue weighted by atomic mass is 10.1. The maximum atomic E-state index is 12.2. The predicted molar refractivity (Wildman–Crippen MR) is 96.3 cm³/mol. The number of rotatable bonds is 6. The van der Waals surface area contributed by atoms with Crippen LogP contribution < -0.4 is 0 Å². The van der Waals surface area contributed by atoms with Gasteiger partial charge in [-0.2, -0.15) is 0 Å². The van der Waals surface area contributed by atoms with Crippen LogP contribution in [0.3, 0.4) is 0 Å². The quantitative estimate of drug-likeness (QED) is 0.776. The monoisotopic (exact) mass is 347 g/mol. The van der Waals surface area contributed by atoms with Crippen LogP contribution in [0.25, 0.3) is 6.08 Å². The molecule has 3 rings (SSSR count). The third kappa shape index (κ3) is 4.75. The van der Waals surface area contributed by atoms with Crippen LogP contribution in [0.2, 0.25) is 0 Å². The van der Waals surface area contributed by atoms with E-state index in [0.29, 0.717) is 11.6 Å². The molecule has 0 N–H and O–H groups in total. The van der Waals surface area contributed by atoms with E-state index in [1.165, 1.54) is 25.7 Å². The van der Waals surface area contributed by atoms with Gasteiger partial charge in [0.1, 0.15) is 0 Å². The smallest absolute Gasteiger partial charge is 0.159 e. The Morgan fingerprint density at radius 2 is 1.91 bits per heavy atom. The molecule has 0 saturated heterocycles. The Labute approximate surface area is 142 Å². The molecule has 2 aromatic rings. The summed E-state index contributed by atoms with van der Waals surface area (Å²) >= 11 is 1.61. The summed E-state index contributed by atoms with van der Waals surface area (Å²) in [7, 11) is -3.16. The SMILES string of the molecule is O=S(=O)(C/C=C/c1ccccc1)Cc1csc(C2CCCC2)n1. The van der Waals surface area contributed by atoms with Gasteiger partial charge in [0.25, 0.3) is 0 Å². The van der Waals surface area contributed by atoms with Crippen LogP contribution in [0.4, 0.5) is 0 Å². The first-order chi connectivity index (χ1) is 11.1. The fourth-order valence-corrected chi connectivity index (χ4v) is 5.13. The van der Waals surface area contributed by atoms with Gasteiger partial charge in [-0.15, -0.1) is 11.3 Å². The summed E-state index contributed by atoms with van der Waals surface area (Å²) in [4.78, 5) is 4.56. The molecule has 1 heterocycles. The first-order valence-electron chi connectivity index (χ1n) is 7.99. The van der Waals surface area contributed by atoms with Crippen LogP contribution in [0.5, 0.6) is 0 Å². The van der Waals surface area contributed by atoms with Gasteiger partial charge in [-0.05, 0) is 18.4 Å². The first-order valence-corrected chi connectivity index (χ1v) is 10.7. The largest absolute Gasteiger partial charge is 0.245 e. The standard InChI is InChI=1S/C18H21NO2S2/c20-23(21,12-6-9-15-7-2-1-3-8-15)14-17-13-22-18(19-17)16-10-4-5-11-16/h1-3,6-9,13,16H,4-5,10-12,14H2/b9-6+. The molecule has 3 nitrogen and oxygen atoms in total. The number of nitrogens with zero attached hydrogens (tertiary/aromatic N) is 1. The summed E-state index contributed by atoms with van der Waals surface area (Å²) < 4.78 is 24.5. The second-order valence-corrected chi connectivity index (χ2v) is 9.02. The fourth-order valence-electron chi connectivity index (χ4n) is 2.93. The summed E-state index contributed by atoms with van der Waals surface area (Å²) in [5.74, 6) is 0.641. The fraction of sp³-hybridized carbons (Fsp3) is 0.389. The lowest BCUT2D eigenvalue weighted by molar-refractivity contribution is 0.597. The molecule has 0 radical (unpaired) electrons. The third-order valence-electron chi connectivity index (χ3n) is 4.10. The molecule has 1 saturated carbocycles. The van der Waals surface area contributed by atoms with Crippen LogP contribution in [-0.2, 0) is 15.6 Å². The van der Waals surface area contributed by atoms with Crippen LogP contribution in [0.15, 0.2) is 41.8 Å². The molecule has 1 aliphatic rings. The van der Waals surface area contributed by atoms with Crippen molar-refractivity contribution in [2.75, 3.05) is 5.75 Å². The number of sulfone groups is 1. The molecule has 23 heavy (non-hydrogen) atoms. The molecule has 0 amide bonds. The Kier molecular flexibility index (Phi) is 5.28. The topological polar surface area (TPSA) is 47.0 Å². The second-order valence-electron chi connectivity index (χ2n) is 6.03. The Hall–Kier alpha value is -1.46. The molecule has 1 fully saturated rings. The van der Waals surface area contributed by atoms with Crippen molar-refractivity contribution in [3.05, 3.63) is 58.1 Å². The zero-order valence-electron chi connectivity index (χ0n) is 13.0. The average molecular weight is 348 g/mol. The molecule has 0 aliphatic heterocycles. The van der Waals surface area contributed by atoms with E-state index in [-0.39, 0.29) is 11.5 Å². The molecule has 1 aromatic carbocycles. The van der Waals surface area contributed by atoms with E-state index >= 15 is 0 Å². The van der Waals surface area contributed by atoms with Gasteiger partial charge in [0.15, 0.2) is 9.84 Å². The van der Waals surface area contributed by atoms with E-state index in [9.17, 15) is 8.42 Å². The number of aromatic nitrogens is 1. The number of hydrogen-bond acceptors (Lipinski definition) is 4. The normalized spacial score (nSPS) is 16.3. The zero-order chi connectivity index (χ0) is 16.1. The van der Waals surface area contributed by atoms with Crippen molar-refractivity contribution in [1.29, 1.82) is 0 Å². The first kappa shape index (κ1) is 16.4. The maximum absolute atomic E-state index is 12.2. The molecule has 0 unspecified atom stereocenters. The Morgan fingerprint density at radius 1 is 1.17 bits per heavy atom. The van der Waals surface area contributed by atoms with Gasteiger partial charge in [-0.25, -0.2) is 13.4 Å². The summed E-state index contributed by atoms with van der Waals surface area (Å²) in [6.45, 7) is 0. The number of hydrogen-bond donors (Lipinski definition) is 0. The van der Waals surface area contributed by atoms with Crippen molar-refractivity contribution in [1.82, 2.24) is 4.98 Å². The van der Waals surface area contributed by atoms with Gasteiger partial charge in [0.2, 0.25) is 0 Å². The minimum atomic E-state index is -3.16. The highest BCUT2D eigenvalue weighted by atomic mass is 32.2. The Bertz CT molecular complexity index is 757. The van der Waals surface area contributed by atoms with E-state index in [4.69, 9.17) is 0 Å². The van der Waals surface area contributed by atoms with E-state index in [0.717, 1.165) is 10.6 Å². The van der Waals surface area contributed by atoms with Crippen molar-refractivity contribution >= 4 is 27.3 Å². The van der Waals surface area contributed by atoms with E-state index in [1.807, 2.05) is 41.8 Å². The van der Waals surface area contributed by atoms with Crippen LogP contribution in [-0.4, -0.2) is 19.2 Å². The molecule has 122 valence electrons. The van der Waals surface area contributed by atoms with Crippen molar-refractivity contribution in [3.8, 4) is 0 Å². The minimum Gasteiger partial charge on any atom is -0.245 e. The number of thiazole rings is 1. The minimum absolute atomic E-state index is 0.0371. The molecule has 1 aromatic heterocycles. The molecule has 5 heteroatoms. The van der Waals surface area contributed by atoms with Gasteiger partial charge >= 0.3 is 0 Å². The lowest BCUT2D eigenvalue weighted by Gasteiger charge is -2.03. The predicted octanol–water partition coefficient (Wildman–Crippen LogP) is 4.43. The molecular formula is C18H21NO2S2. The lowest BCUT2D eigenvalue weighted by Crippen LogP contribution is -2.08.